The highest BCUT2D eigenvalue weighted by Gasteiger charge is 2.40. The van der Waals surface area contributed by atoms with Crippen molar-refractivity contribution in [1.29, 1.82) is 0 Å². The van der Waals surface area contributed by atoms with Crippen molar-refractivity contribution >= 4 is 0 Å². The first-order valence-electron chi connectivity index (χ1n) is 7.32. The van der Waals surface area contributed by atoms with E-state index >= 15 is 0 Å². The number of hydrogen-bond acceptors (Lipinski definition) is 2. The molecule has 100 valence electrons. The minimum atomic E-state index is 0.474. The van der Waals surface area contributed by atoms with Gasteiger partial charge in [-0.1, -0.05) is 20.8 Å². The molecule has 1 N–H and O–H groups in total. The van der Waals surface area contributed by atoms with Gasteiger partial charge in [-0.3, -0.25) is 4.90 Å². The minimum absolute atomic E-state index is 0.474. The lowest BCUT2D eigenvalue weighted by Gasteiger charge is -2.45. The van der Waals surface area contributed by atoms with Crippen molar-refractivity contribution in [2.45, 2.75) is 71.0 Å². The second-order valence-corrected chi connectivity index (χ2v) is 7.24. The van der Waals surface area contributed by atoms with Crippen molar-refractivity contribution < 1.29 is 0 Å². The Kier molecular flexibility index (Phi) is 3.84. The summed E-state index contributed by atoms with van der Waals surface area (Å²) in [5, 5.41) is 3.55. The maximum Gasteiger partial charge on any atom is 0.0251 e. The van der Waals surface area contributed by atoms with Gasteiger partial charge in [-0.05, 0) is 57.5 Å². The Morgan fingerprint density at radius 3 is 2.18 bits per heavy atom. The summed E-state index contributed by atoms with van der Waals surface area (Å²) in [5.74, 6) is 0.887. The molecule has 2 saturated carbocycles. The molecule has 2 rings (SSSR count). The molecular weight excluding hydrogens is 208 g/mol. The van der Waals surface area contributed by atoms with Gasteiger partial charge in [0.1, 0.15) is 0 Å². The Balaban J connectivity index is 2.03. The van der Waals surface area contributed by atoms with E-state index in [1.54, 1.807) is 0 Å². The molecule has 0 radical (unpaired) electrons. The third-order valence-corrected chi connectivity index (χ3v) is 5.06. The van der Waals surface area contributed by atoms with E-state index in [4.69, 9.17) is 0 Å². The summed E-state index contributed by atoms with van der Waals surface area (Å²) in [4.78, 5) is 2.67. The fraction of sp³-hybridized carbons (Fsp3) is 1.00. The molecule has 2 fully saturated rings. The second-order valence-electron chi connectivity index (χ2n) is 7.24. The predicted molar refractivity (Wildman–Crippen MR) is 74.2 cm³/mol. The number of rotatable bonds is 3. The maximum absolute atomic E-state index is 3.55. The van der Waals surface area contributed by atoms with Crippen LogP contribution >= 0.6 is 0 Å². The van der Waals surface area contributed by atoms with Crippen molar-refractivity contribution in [1.82, 2.24) is 10.2 Å². The Morgan fingerprint density at radius 2 is 1.71 bits per heavy atom. The largest absolute Gasteiger partial charge is 0.315 e. The molecule has 0 aromatic rings. The molecule has 0 bridgehead atoms. The first-order chi connectivity index (χ1) is 7.93. The van der Waals surface area contributed by atoms with E-state index in [-0.39, 0.29) is 0 Å². The fourth-order valence-electron chi connectivity index (χ4n) is 3.47. The topological polar surface area (TPSA) is 15.3 Å². The predicted octanol–water partition coefficient (Wildman–Crippen LogP) is 2.88. The standard InChI is InChI=1S/C15H30N2/c1-15(2,3)11-6-9-13(16-4)14(10-11)17(5)12-7-8-12/h11-14,16H,6-10H2,1-5H3. The molecule has 2 aliphatic rings. The van der Waals surface area contributed by atoms with Crippen LogP contribution in [-0.4, -0.2) is 37.1 Å². The molecule has 0 heterocycles. The first-order valence-corrected chi connectivity index (χ1v) is 7.32. The zero-order valence-electron chi connectivity index (χ0n) is 12.3. The van der Waals surface area contributed by atoms with E-state index in [1.165, 1.54) is 32.1 Å². The summed E-state index contributed by atoms with van der Waals surface area (Å²) in [6, 6.07) is 2.35. The van der Waals surface area contributed by atoms with E-state index in [0.29, 0.717) is 11.5 Å². The number of likely N-dealkylation sites (N-methyl/N-ethyl adjacent to an activating group) is 2. The monoisotopic (exact) mass is 238 g/mol. The summed E-state index contributed by atoms with van der Waals surface area (Å²) < 4.78 is 0. The number of nitrogens with one attached hydrogen (secondary N) is 1. The van der Waals surface area contributed by atoms with Gasteiger partial charge in [0, 0.05) is 18.1 Å². The van der Waals surface area contributed by atoms with Crippen LogP contribution in [0.5, 0.6) is 0 Å². The Morgan fingerprint density at radius 1 is 1.06 bits per heavy atom. The van der Waals surface area contributed by atoms with Crippen LogP contribution in [0.2, 0.25) is 0 Å². The fourth-order valence-corrected chi connectivity index (χ4v) is 3.47. The highest BCUT2D eigenvalue weighted by molar-refractivity contribution is 4.97. The zero-order chi connectivity index (χ0) is 12.6. The summed E-state index contributed by atoms with van der Waals surface area (Å²) >= 11 is 0. The van der Waals surface area contributed by atoms with Crippen LogP contribution in [0.3, 0.4) is 0 Å². The van der Waals surface area contributed by atoms with Crippen molar-refractivity contribution in [3.05, 3.63) is 0 Å². The Labute approximate surface area is 107 Å². The lowest BCUT2D eigenvalue weighted by molar-refractivity contribution is 0.0708. The van der Waals surface area contributed by atoms with Gasteiger partial charge >= 0.3 is 0 Å². The third kappa shape index (κ3) is 3.03. The Hall–Kier alpha value is -0.0800. The van der Waals surface area contributed by atoms with E-state index in [1.807, 2.05) is 0 Å². The van der Waals surface area contributed by atoms with Gasteiger partial charge in [0.15, 0.2) is 0 Å². The van der Waals surface area contributed by atoms with E-state index in [9.17, 15) is 0 Å². The molecule has 0 aromatic carbocycles. The van der Waals surface area contributed by atoms with Crippen LogP contribution < -0.4 is 5.32 Å². The summed E-state index contributed by atoms with van der Waals surface area (Å²) in [5.41, 5.74) is 0.474. The maximum atomic E-state index is 3.55. The normalized spacial score (nSPS) is 35.3. The quantitative estimate of drug-likeness (QED) is 0.813. The average molecular weight is 238 g/mol. The van der Waals surface area contributed by atoms with Crippen molar-refractivity contribution in [2.24, 2.45) is 11.3 Å². The zero-order valence-corrected chi connectivity index (χ0v) is 12.3. The van der Waals surface area contributed by atoms with Crippen molar-refractivity contribution in [3.8, 4) is 0 Å². The molecule has 0 aliphatic heterocycles. The van der Waals surface area contributed by atoms with E-state index in [2.05, 4.69) is 45.1 Å². The van der Waals surface area contributed by atoms with E-state index < -0.39 is 0 Å². The molecule has 0 spiro atoms. The highest BCUT2D eigenvalue weighted by Crippen LogP contribution is 2.41. The SMILES string of the molecule is CNC1CCC(C(C)(C)C)CC1N(C)C1CC1. The third-order valence-electron chi connectivity index (χ3n) is 5.06. The lowest BCUT2D eigenvalue weighted by Crippen LogP contribution is -2.53. The molecule has 2 aliphatic carbocycles. The van der Waals surface area contributed by atoms with Crippen molar-refractivity contribution in [3.63, 3.8) is 0 Å². The van der Waals surface area contributed by atoms with Crippen LogP contribution in [0, 0.1) is 11.3 Å². The second kappa shape index (κ2) is 4.89. The van der Waals surface area contributed by atoms with Crippen LogP contribution in [0.25, 0.3) is 0 Å². The molecule has 3 atom stereocenters. The summed E-state index contributed by atoms with van der Waals surface area (Å²) in [7, 11) is 4.48. The first kappa shape index (κ1) is 13.4. The van der Waals surface area contributed by atoms with Gasteiger partial charge in [0.2, 0.25) is 0 Å². The molecule has 3 unspecified atom stereocenters. The van der Waals surface area contributed by atoms with Crippen molar-refractivity contribution in [2.75, 3.05) is 14.1 Å². The molecule has 2 heteroatoms. The molecule has 0 aromatic heterocycles. The van der Waals surface area contributed by atoms with Gasteiger partial charge < -0.3 is 5.32 Å². The summed E-state index contributed by atoms with van der Waals surface area (Å²) in [6.07, 6.45) is 6.96. The summed E-state index contributed by atoms with van der Waals surface area (Å²) in [6.45, 7) is 7.22. The van der Waals surface area contributed by atoms with Gasteiger partial charge in [-0.25, -0.2) is 0 Å². The van der Waals surface area contributed by atoms with Crippen LogP contribution in [-0.2, 0) is 0 Å². The van der Waals surface area contributed by atoms with Crippen LogP contribution in [0.1, 0.15) is 52.9 Å². The number of hydrogen-bond donors (Lipinski definition) is 1. The molecule has 2 nitrogen and oxygen atoms in total. The van der Waals surface area contributed by atoms with E-state index in [0.717, 1.165) is 18.0 Å². The van der Waals surface area contributed by atoms with Crippen LogP contribution in [0.4, 0.5) is 0 Å². The van der Waals surface area contributed by atoms with Gasteiger partial charge in [0.25, 0.3) is 0 Å². The minimum Gasteiger partial charge on any atom is -0.315 e. The van der Waals surface area contributed by atoms with Gasteiger partial charge in [0.05, 0.1) is 0 Å². The van der Waals surface area contributed by atoms with Gasteiger partial charge in [-0.2, -0.15) is 0 Å². The van der Waals surface area contributed by atoms with Crippen LogP contribution in [0.15, 0.2) is 0 Å². The lowest BCUT2D eigenvalue weighted by atomic mass is 9.69. The molecule has 0 amide bonds. The number of nitrogens with zero attached hydrogens (tertiary/aromatic N) is 1. The highest BCUT2D eigenvalue weighted by atomic mass is 15.2. The molecule has 0 saturated heterocycles. The Bertz CT molecular complexity index is 250. The molecule has 17 heavy (non-hydrogen) atoms. The molecular formula is C15H30N2. The van der Waals surface area contributed by atoms with Gasteiger partial charge in [-0.15, -0.1) is 0 Å². The average Bonchev–Trinajstić information content (AvgIpc) is 3.09. The smallest absolute Gasteiger partial charge is 0.0251 e.